The molecular formula is C14H18N6O7S. The molecule has 2 aliphatic rings. The maximum absolute atomic E-state index is 12.8. The Balaban J connectivity index is 1.72. The molecule has 14 heteroatoms. The van der Waals surface area contributed by atoms with E-state index < -0.39 is 40.3 Å². The number of rotatable bonds is 7. The average Bonchev–Trinajstić information content (AvgIpc) is 3.16. The number of nitrogens with zero attached hydrogens (tertiary/aromatic N) is 5. The lowest BCUT2D eigenvalue weighted by Gasteiger charge is -2.58. The van der Waals surface area contributed by atoms with Gasteiger partial charge in [-0.2, -0.15) is 0 Å². The SMILES string of the molecule is COC1(NC(=O)Cn2cnnn2)C(=O)N2CC(COC(C)=O)(C(=O)O)CS[C@@H]21. The second-order valence-corrected chi connectivity index (χ2v) is 7.53. The van der Waals surface area contributed by atoms with Crippen LogP contribution in [-0.2, 0) is 35.2 Å². The van der Waals surface area contributed by atoms with Crippen LogP contribution in [0.4, 0.5) is 0 Å². The van der Waals surface area contributed by atoms with Crippen molar-refractivity contribution in [2.75, 3.05) is 26.0 Å². The molecule has 13 nitrogen and oxygen atoms in total. The lowest BCUT2D eigenvalue weighted by atomic mass is 9.87. The van der Waals surface area contributed by atoms with Crippen LogP contribution in [0.25, 0.3) is 0 Å². The molecule has 28 heavy (non-hydrogen) atoms. The number of carbonyl (C=O) groups is 4. The summed E-state index contributed by atoms with van der Waals surface area (Å²) in [6, 6.07) is 0. The number of amides is 2. The zero-order chi connectivity index (χ0) is 20.5. The molecule has 2 aliphatic heterocycles. The number of carboxylic acids is 1. The molecule has 0 saturated carbocycles. The maximum Gasteiger partial charge on any atom is 0.315 e. The molecule has 3 rings (SSSR count). The summed E-state index contributed by atoms with van der Waals surface area (Å²) in [7, 11) is 1.28. The molecule has 1 aromatic heterocycles. The predicted molar refractivity (Wildman–Crippen MR) is 90.4 cm³/mol. The van der Waals surface area contributed by atoms with Crippen LogP contribution in [0.1, 0.15) is 6.92 Å². The molecule has 0 spiro atoms. The summed E-state index contributed by atoms with van der Waals surface area (Å²) in [6.45, 7) is 0.445. The minimum Gasteiger partial charge on any atom is -0.481 e. The number of esters is 1. The van der Waals surface area contributed by atoms with Crippen LogP contribution in [0.15, 0.2) is 6.33 Å². The molecule has 0 aromatic carbocycles. The lowest BCUT2D eigenvalue weighted by molar-refractivity contribution is -0.202. The van der Waals surface area contributed by atoms with E-state index in [0.717, 1.165) is 11.8 Å². The zero-order valence-electron chi connectivity index (χ0n) is 15.0. The number of hydrogen-bond donors (Lipinski definition) is 2. The maximum atomic E-state index is 12.8. The number of ether oxygens (including phenoxy) is 2. The lowest BCUT2D eigenvalue weighted by Crippen LogP contribution is -2.83. The summed E-state index contributed by atoms with van der Waals surface area (Å²) in [5.41, 5.74) is -3.04. The first-order chi connectivity index (χ1) is 13.2. The number of tetrazole rings is 1. The van der Waals surface area contributed by atoms with Crippen molar-refractivity contribution in [3.63, 3.8) is 0 Å². The van der Waals surface area contributed by atoms with E-state index in [1.54, 1.807) is 0 Å². The van der Waals surface area contributed by atoms with E-state index in [4.69, 9.17) is 9.47 Å². The first kappa shape index (κ1) is 20.0. The van der Waals surface area contributed by atoms with Crippen molar-refractivity contribution in [2.45, 2.75) is 24.6 Å². The number of fused-ring (bicyclic) bond motifs is 1. The molecule has 0 radical (unpaired) electrons. The molecule has 152 valence electrons. The van der Waals surface area contributed by atoms with Crippen LogP contribution in [0.2, 0.25) is 0 Å². The summed E-state index contributed by atoms with van der Waals surface area (Å²) < 4.78 is 11.4. The fourth-order valence-electron chi connectivity index (χ4n) is 3.07. The van der Waals surface area contributed by atoms with Gasteiger partial charge in [-0.3, -0.25) is 19.2 Å². The summed E-state index contributed by atoms with van der Waals surface area (Å²) >= 11 is 1.13. The molecule has 2 saturated heterocycles. The number of hydrogen-bond acceptors (Lipinski definition) is 10. The molecule has 0 aliphatic carbocycles. The van der Waals surface area contributed by atoms with Crippen molar-refractivity contribution in [3.05, 3.63) is 6.33 Å². The third-order valence-electron chi connectivity index (χ3n) is 4.55. The minimum atomic E-state index is -1.61. The second-order valence-electron chi connectivity index (χ2n) is 6.46. The Labute approximate surface area is 162 Å². The number of aliphatic carboxylic acids is 1. The largest absolute Gasteiger partial charge is 0.481 e. The normalized spacial score (nSPS) is 28.9. The first-order valence-corrected chi connectivity index (χ1v) is 9.15. The Kier molecular flexibility index (Phi) is 5.25. The highest BCUT2D eigenvalue weighted by Crippen LogP contribution is 2.47. The van der Waals surface area contributed by atoms with Crippen molar-refractivity contribution < 1.29 is 33.8 Å². The van der Waals surface area contributed by atoms with Crippen molar-refractivity contribution in [1.82, 2.24) is 30.4 Å². The topological polar surface area (TPSA) is 166 Å². The highest BCUT2D eigenvalue weighted by atomic mass is 32.2. The molecule has 3 heterocycles. The van der Waals surface area contributed by atoms with Crippen LogP contribution >= 0.6 is 11.8 Å². The number of β-lactam (4-membered cyclic amide) rings is 1. The molecular weight excluding hydrogens is 396 g/mol. The van der Waals surface area contributed by atoms with Gasteiger partial charge in [0.25, 0.3) is 11.6 Å². The highest BCUT2D eigenvalue weighted by molar-refractivity contribution is 8.00. The van der Waals surface area contributed by atoms with Crippen molar-refractivity contribution in [1.29, 1.82) is 0 Å². The van der Waals surface area contributed by atoms with Crippen molar-refractivity contribution >= 4 is 35.5 Å². The van der Waals surface area contributed by atoms with Gasteiger partial charge in [0.05, 0.1) is 0 Å². The van der Waals surface area contributed by atoms with Gasteiger partial charge in [0.2, 0.25) is 5.91 Å². The molecule has 2 amide bonds. The third kappa shape index (κ3) is 3.28. The fourth-order valence-corrected chi connectivity index (χ4v) is 4.69. The van der Waals surface area contributed by atoms with Crippen LogP contribution in [0.3, 0.4) is 0 Å². The van der Waals surface area contributed by atoms with Crippen LogP contribution in [0.5, 0.6) is 0 Å². The number of aromatic nitrogens is 4. The average molecular weight is 414 g/mol. The number of carbonyl (C=O) groups excluding carboxylic acids is 3. The van der Waals surface area contributed by atoms with Gasteiger partial charge in [-0.1, -0.05) is 0 Å². The van der Waals surface area contributed by atoms with E-state index in [0.29, 0.717) is 0 Å². The van der Waals surface area contributed by atoms with E-state index in [1.165, 1.54) is 29.9 Å². The first-order valence-electron chi connectivity index (χ1n) is 8.10. The van der Waals surface area contributed by atoms with Crippen molar-refractivity contribution in [2.24, 2.45) is 5.41 Å². The van der Waals surface area contributed by atoms with E-state index in [2.05, 4.69) is 20.8 Å². The van der Waals surface area contributed by atoms with Gasteiger partial charge in [-0.15, -0.1) is 16.9 Å². The van der Waals surface area contributed by atoms with E-state index in [9.17, 15) is 24.3 Å². The van der Waals surface area contributed by atoms with Gasteiger partial charge in [0.15, 0.2) is 0 Å². The van der Waals surface area contributed by atoms with Crippen LogP contribution in [-0.4, -0.2) is 91.1 Å². The van der Waals surface area contributed by atoms with E-state index >= 15 is 0 Å². The number of thioether (sulfide) groups is 1. The Morgan fingerprint density at radius 2 is 2.21 bits per heavy atom. The van der Waals surface area contributed by atoms with Gasteiger partial charge < -0.3 is 24.8 Å². The number of nitrogens with one attached hydrogen (secondary N) is 1. The van der Waals surface area contributed by atoms with Crippen molar-refractivity contribution in [3.8, 4) is 0 Å². The van der Waals surface area contributed by atoms with E-state index in [-0.39, 0.29) is 25.4 Å². The zero-order valence-corrected chi connectivity index (χ0v) is 15.8. The Morgan fingerprint density at radius 1 is 1.46 bits per heavy atom. The van der Waals surface area contributed by atoms with Gasteiger partial charge in [-0.05, 0) is 10.4 Å². The minimum absolute atomic E-state index is 0.0675. The molecule has 2 fully saturated rings. The number of carboxylic acid groups (broad SMARTS) is 1. The Hall–Kier alpha value is -2.74. The predicted octanol–water partition coefficient (Wildman–Crippen LogP) is -2.32. The Morgan fingerprint density at radius 3 is 2.79 bits per heavy atom. The Bertz CT molecular complexity index is 804. The van der Waals surface area contributed by atoms with E-state index in [1.807, 2.05) is 0 Å². The van der Waals surface area contributed by atoms with Gasteiger partial charge in [0.1, 0.15) is 30.3 Å². The van der Waals surface area contributed by atoms with Gasteiger partial charge >= 0.3 is 11.9 Å². The number of methoxy groups -OCH3 is 1. The second kappa shape index (κ2) is 7.35. The van der Waals surface area contributed by atoms with Gasteiger partial charge in [-0.25, -0.2) is 4.68 Å². The molecule has 1 aromatic rings. The third-order valence-corrected chi connectivity index (χ3v) is 6.17. The molecule has 0 bridgehead atoms. The fraction of sp³-hybridized carbons (Fsp3) is 0.643. The van der Waals surface area contributed by atoms with Crippen LogP contribution in [0, 0.1) is 5.41 Å². The highest BCUT2D eigenvalue weighted by Gasteiger charge is 2.67. The summed E-state index contributed by atoms with van der Waals surface area (Å²) in [4.78, 5) is 49.2. The van der Waals surface area contributed by atoms with Crippen LogP contribution < -0.4 is 5.32 Å². The molecule has 3 atom stereocenters. The molecule has 2 unspecified atom stereocenters. The summed E-state index contributed by atoms with van der Waals surface area (Å²) in [6.07, 6.45) is 1.25. The smallest absolute Gasteiger partial charge is 0.315 e. The monoisotopic (exact) mass is 414 g/mol. The molecule has 2 N–H and O–H groups in total. The standard InChI is InChI=1S/C14H18N6O7S/c1-8(21)27-5-13(12(24)25)4-20-10(23)14(26-2,11(20)28-6-13)16-9(22)3-19-7-15-17-18-19/h7,11H,3-6H2,1-2H3,(H,16,22)(H,24,25)/t11-,13?,14?/m1/s1. The summed E-state index contributed by atoms with van der Waals surface area (Å²) in [5, 5.41) is 22.0. The summed E-state index contributed by atoms with van der Waals surface area (Å²) in [5.74, 6) is -2.84. The quantitative estimate of drug-likeness (QED) is 0.279. The van der Waals surface area contributed by atoms with Gasteiger partial charge in [0, 0.05) is 26.3 Å².